The third kappa shape index (κ3) is 4.29. The normalized spacial score (nSPS) is 9.92. The number of urea groups is 1. The molecule has 2 aromatic rings. The van der Waals surface area contributed by atoms with Crippen LogP contribution in [-0.4, -0.2) is 36.5 Å². The van der Waals surface area contributed by atoms with E-state index in [-0.39, 0.29) is 17.4 Å². The lowest BCUT2D eigenvalue weighted by Gasteiger charge is -2.09. The number of hydrogen-bond acceptors (Lipinski definition) is 7. The number of carbonyl (C=O) groups excluding carboxylic acids is 3. The van der Waals surface area contributed by atoms with Crippen LogP contribution >= 0.6 is 11.3 Å². The first kappa shape index (κ1) is 17.4. The minimum absolute atomic E-state index is 0.0777. The Morgan fingerprint density at radius 2 is 1.96 bits per heavy atom. The summed E-state index contributed by atoms with van der Waals surface area (Å²) in [4.78, 5) is 39.0. The highest BCUT2D eigenvalue weighted by atomic mass is 32.1. The van der Waals surface area contributed by atoms with Crippen molar-refractivity contribution in [2.75, 3.05) is 24.4 Å². The fourth-order valence-electron chi connectivity index (χ4n) is 1.74. The molecule has 0 bridgehead atoms. The number of carbonyl (C=O) groups is 3. The molecule has 2 N–H and O–H groups in total. The van der Waals surface area contributed by atoms with Gasteiger partial charge in [-0.2, -0.15) is 0 Å². The number of hydrogen-bond donors (Lipinski definition) is 2. The number of aromatic nitrogens is 1. The fraction of sp³-hybridized carbons (Fsp3) is 0.200. The molecule has 24 heavy (non-hydrogen) atoms. The molecular formula is C15H15N3O5S. The van der Waals surface area contributed by atoms with Crippen LogP contribution in [0, 0.1) is 0 Å². The Hall–Kier alpha value is -2.94. The van der Waals surface area contributed by atoms with E-state index in [9.17, 15) is 14.4 Å². The predicted molar refractivity (Wildman–Crippen MR) is 88.7 cm³/mol. The molecule has 8 nitrogen and oxygen atoms in total. The number of amides is 2. The first-order valence-electron chi connectivity index (χ1n) is 6.93. The number of methoxy groups -OCH3 is 1. The van der Waals surface area contributed by atoms with Crippen LogP contribution in [0.4, 0.5) is 15.6 Å². The fourth-order valence-corrected chi connectivity index (χ4v) is 2.42. The van der Waals surface area contributed by atoms with Crippen molar-refractivity contribution in [2.24, 2.45) is 0 Å². The maximum Gasteiger partial charge on any atom is 0.381 e. The molecule has 0 saturated heterocycles. The number of esters is 1. The molecule has 2 amide bonds. The number of ketones is 1. The summed E-state index contributed by atoms with van der Waals surface area (Å²) in [7, 11) is 1.49. The summed E-state index contributed by atoms with van der Waals surface area (Å²) in [6, 6.07) is 6.35. The Balaban J connectivity index is 2.00. The SMILES string of the molecule is CCOC(=O)C(=O)c1csc(NC(=O)Nc2ccccc2OC)n1. The molecule has 0 spiro atoms. The molecule has 0 aliphatic rings. The Labute approximate surface area is 141 Å². The van der Waals surface area contributed by atoms with E-state index in [0.29, 0.717) is 11.4 Å². The Kier molecular flexibility index (Phi) is 5.85. The molecule has 0 fully saturated rings. The van der Waals surface area contributed by atoms with Gasteiger partial charge in [0.15, 0.2) is 5.13 Å². The summed E-state index contributed by atoms with van der Waals surface area (Å²) in [5.41, 5.74) is 0.405. The van der Waals surface area contributed by atoms with Gasteiger partial charge in [-0.1, -0.05) is 12.1 Å². The topological polar surface area (TPSA) is 107 Å². The Morgan fingerprint density at radius 1 is 1.21 bits per heavy atom. The van der Waals surface area contributed by atoms with Crippen LogP contribution in [0.25, 0.3) is 0 Å². The molecule has 1 heterocycles. The van der Waals surface area contributed by atoms with Crippen LogP contribution in [0.2, 0.25) is 0 Å². The second-order valence-electron chi connectivity index (χ2n) is 4.37. The molecule has 126 valence electrons. The molecule has 1 aromatic carbocycles. The number of nitrogens with one attached hydrogen (secondary N) is 2. The van der Waals surface area contributed by atoms with E-state index < -0.39 is 17.8 Å². The van der Waals surface area contributed by atoms with Gasteiger partial charge in [0, 0.05) is 5.38 Å². The first-order chi connectivity index (χ1) is 11.5. The van der Waals surface area contributed by atoms with Crippen molar-refractivity contribution in [3.63, 3.8) is 0 Å². The average Bonchev–Trinajstić information content (AvgIpc) is 3.03. The maximum atomic E-state index is 12.0. The van der Waals surface area contributed by atoms with Crippen molar-refractivity contribution in [1.29, 1.82) is 0 Å². The molecule has 0 saturated carbocycles. The van der Waals surface area contributed by atoms with E-state index in [2.05, 4.69) is 20.4 Å². The van der Waals surface area contributed by atoms with Crippen LogP contribution < -0.4 is 15.4 Å². The molecule has 0 aliphatic carbocycles. The average molecular weight is 349 g/mol. The summed E-state index contributed by atoms with van der Waals surface area (Å²) in [6.45, 7) is 1.70. The van der Waals surface area contributed by atoms with Crippen molar-refractivity contribution >= 4 is 39.9 Å². The van der Waals surface area contributed by atoms with E-state index >= 15 is 0 Å². The van der Waals surface area contributed by atoms with Crippen molar-refractivity contribution < 1.29 is 23.9 Å². The standard InChI is InChI=1S/C15H15N3O5S/c1-3-23-13(20)12(19)10-8-24-15(17-10)18-14(21)16-9-6-4-5-7-11(9)22-2/h4-8H,3H2,1-2H3,(H2,16,17,18,21). The minimum atomic E-state index is -0.979. The molecule has 0 unspecified atom stereocenters. The number of para-hydroxylation sites is 2. The molecule has 2 rings (SSSR count). The van der Waals surface area contributed by atoms with Gasteiger partial charge in [0.05, 0.1) is 19.4 Å². The lowest BCUT2D eigenvalue weighted by atomic mass is 10.3. The van der Waals surface area contributed by atoms with Gasteiger partial charge in [0.2, 0.25) is 0 Å². The number of anilines is 2. The molecule has 0 atom stereocenters. The largest absolute Gasteiger partial charge is 0.495 e. The van der Waals surface area contributed by atoms with Gasteiger partial charge in [-0.15, -0.1) is 11.3 Å². The monoisotopic (exact) mass is 349 g/mol. The lowest BCUT2D eigenvalue weighted by molar-refractivity contribution is -0.137. The highest BCUT2D eigenvalue weighted by Gasteiger charge is 2.21. The molecule has 0 radical (unpaired) electrons. The third-order valence-electron chi connectivity index (χ3n) is 2.77. The number of benzene rings is 1. The van der Waals surface area contributed by atoms with Crippen LogP contribution in [0.15, 0.2) is 29.6 Å². The van der Waals surface area contributed by atoms with Crippen molar-refractivity contribution in [1.82, 2.24) is 4.98 Å². The zero-order valence-corrected chi connectivity index (χ0v) is 13.8. The number of nitrogens with zero attached hydrogens (tertiary/aromatic N) is 1. The van der Waals surface area contributed by atoms with E-state index in [1.165, 1.54) is 12.5 Å². The van der Waals surface area contributed by atoms with Gasteiger partial charge in [0.25, 0.3) is 5.78 Å². The van der Waals surface area contributed by atoms with Gasteiger partial charge in [0.1, 0.15) is 11.4 Å². The van der Waals surface area contributed by atoms with E-state index in [1.54, 1.807) is 31.2 Å². The van der Waals surface area contributed by atoms with Crippen LogP contribution in [0.1, 0.15) is 17.4 Å². The number of rotatable bonds is 6. The number of thiazole rings is 1. The van der Waals surface area contributed by atoms with E-state index in [1.807, 2.05) is 0 Å². The highest BCUT2D eigenvalue weighted by molar-refractivity contribution is 7.14. The number of Topliss-reactive ketones (excluding diaryl/α,β-unsaturated/α-hetero) is 1. The van der Waals surface area contributed by atoms with Crippen LogP contribution in [0.3, 0.4) is 0 Å². The zero-order chi connectivity index (χ0) is 17.5. The molecule has 0 aliphatic heterocycles. The van der Waals surface area contributed by atoms with Crippen molar-refractivity contribution in [3.8, 4) is 5.75 Å². The van der Waals surface area contributed by atoms with Gasteiger partial charge in [-0.3, -0.25) is 10.1 Å². The van der Waals surface area contributed by atoms with Crippen molar-refractivity contribution in [3.05, 3.63) is 35.3 Å². The van der Waals surface area contributed by atoms with E-state index in [4.69, 9.17) is 4.74 Å². The second-order valence-corrected chi connectivity index (χ2v) is 5.23. The molecular weight excluding hydrogens is 334 g/mol. The van der Waals surface area contributed by atoms with Gasteiger partial charge < -0.3 is 14.8 Å². The minimum Gasteiger partial charge on any atom is -0.495 e. The third-order valence-corrected chi connectivity index (χ3v) is 3.53. The summed E-state index contributed by atoms with van der Waals surface area (Å²) in [5.74, 6) is -1.33. The molecule has 1 aromatic heterocycles. The summed E-state index contributed by atoms with van der Waals surface area (Å²) < 4.78 is 9.75. The van der Waals surface area contributed by atoms with Crippen LogP contribution in [0.5, 0.6) is 5.75 Å². The van der Waals surface area contributed by atoms with Crippen LogP contribution in [-0.2, 0) is 9.53 Å². The van der Waals surface area contributed by atoms with Gasteiger partial charge in [-0.05, 0) is 19.1 Å². The van der Waals surface area contributed by atoms with Gasteiger partial charge in [-0.25, -0.2) is 14.6 Å². The molecule has 9 heteroatoms. The smallest absolute Gasteiger partial charge is 0.381 e. The maximum absolute atomic E-state index is 12.0. The summed E-state index contributed by atoms with van der Waals surface area (Å²) in [6.07, 6.45) is 0. The summed E-state index contributed by atoms with van der Waals surface area (Å²) >= 11 is 1.02. The summed E-state index contributed by atoms with van der Waals surface area (Å²) in [5, 5.41) is 6.64. The van der Waals surface area contributed by atoms with Gasteiger partial charge >= 0.3 is 12.0 Å². The Bertz CT molecular complexity index is 759. The number of ether oxygens (including phenoxy) is 2. The Morgan fingerprint density at radius 3 is 2.67 bits per heavy atom. The predicted octanol–water partition coefficient (Wildman–Crippen LogP) is 2.54. The second kappa shape index (κ2) is 8.06. The zero-order valence-electron chi connectivity index (χ0n) is 13.0. The highest BCUT2D eigenvalue weighted by Crippen LogP contribution is 2.23. The lowest BCUT2D eigenvalue weighted by Crippen LogP contribution is -2.20. The van der Waals surface area contributed by atoms with E-state index in [0.717, 1.165) is 11.3 Å². The first-order valence-corrected chi connectivity index (χ1v) is 7.81. The van der Waals surface area contributed by atoms with Crippen molar-refractivity contribution in [2.45, 2.75) is 6.92 Å². The quantitative estimate of drug-likeness (QED) is 0.471.